The number of nitrogens with one attached hydrogen (secondary N) is 1. The van der Waals surface area contributed by atoms with Crippen LogP contribution in [-0.2, 0) is 0 Å². The highest BCUT2D eigenvalue weighted by Gasteiger charge is 2.27. The molecule has 0 saturated carbocycles. The van der Waals surface area contributed by atoms with Gasteiger partial charge in [0.15, 0.2) is 5.82 Å². The zero-order valence-corrected chi connectivity index (χ0v) is 10.1. The predicted molar refractivity (Wildman–Crippen MR) is 64.9 cm³/mol. The van der Waals surface area contributed by atoms with Crippen LogP contribution in [0.25, 0.3) is 0 Å². The Morgan fingerprint density at radius 3 is 2.82 bits per heavy atom. The van der Waals surface area contributed by atoms with Crippen LogP contribution in [0.2, 0.25) is 0 Å². The van der Waals surface area contributed by atoms with E-state index in [1.165, 1.54) is 6.20 Å². The van der Waals surface area contributed by atoms with Crippen molar-refractivity contribution in [2.24, 2.45) is 5.73 Å². The molecule has 4 nitrogen and oxygen atoms in total. The molecule has 9 heteroatoms. The smallest absolute Gasteiger partial charge is 0.389 e. The van der Waals surface area contributed by atoms with Crippen molar-refractivity contribution in [1.82, 2.24) is 10.2 Å². The number of thiocarbonyl (C=S) groups is 1. The molecule has 0 fully saturated rings. The molecular formula is C8H9F3N4S2. The van der Waals surface area contributed by atoms with Gasteiger partial charge in [0.2, 0.25) is 0 Å². The molecule has 0 amide bonds. The Balaban J connectivity index is 2.49. The molecule has 0 radical (unpaired) electrons. The van der Waals surface area contributed by atoms with Gasteiger partial charge in [-0.25, -0.2) is 0 Å². The van der Waals surface area contributed by atoms with Gasteiger partial charge in [0, 0.05) is 12.3 Å². The number of hydrogen-bond donors (Lipinski definition) is 2. The van der Waals surface area contributed by atoms with E-state index in [1.54, 1.807) is 6.07 Å². The van der Waals surface area contributed by atoms with Gasteiger partial charge in [0.25, 0.3) is 0 Å². The van der Waals surface area contributed by atoms with Crippen molar-refractivity contribution >= 4 is 34.8 Å². The van der Waals surface area contributed by atoms with Crippen LogP contribution in [0.4, 0.5) is 19.0 Å². The molecule has 1 heterocycles. The Bertz CT molecular complexity index is 397. The standard InChI is InChI=1S/C8H9F3N4S2/c9-8(10,11)17-4-3-13-7-5(6(12)16)1-2-14-15-7/h1-2H,3-4H2,(H2,12,16)(H,13,15). The fourth-order valence-electron chi connectivity index (χ4n) is 0.997. The third kappa shape index (κ3) is 5.18. The number of nitrogens with two attached hydrogens (primary N) is 1. The molecule has 0 aliphatic carbocycles. The highest BCUT2D eigenvalue weighted by atomic mass is 32.2. The lowest BCUT2D eigenvalue weighted by Gasteiger charge is -2.09. The fourth-order valence-corrected chi connectivity index (χ4v) is 1.60. The number of thioether (sulfide) groups is 1. The quantitative estimate of drug-likeness (QED) is 0.634. The van der Waals surface area contributed by atoms with E-state index in [1.807, 2.05) is 0 Å². The van der Waals surface area contributed by atoms with Crippen molar-refractivity contribution in [3.8, 4) is 0 Å². The monoisotopic (exact) mass is 282 g/mol. The second kappa shape index (κ2) is 6.01. The summed E-state index contributed by atoms with van der Waals surface area (Å²) in [6.07, 6.45) is 1.41. The predicted octanol–water partition coefficient (Wildman–Crippen LogP) is 1.78. The van der Waals surface area contributed by atoms with Crippen LogP contribution in [0.1, 0.15) is 5.56 Å². The molecule has 94 valence electrons. The lowest BCUT2D eigenvalue weighted by molar-refractivity contribution is -0.0327. The first kappa shape index (κ1) is 14.0. The molecule has 0 aliphatic rings. The number of nitrogens with zero attached hydrogens (tertiary/aromatic N) is 2. The topological polar surface area (TPSA) is 63.8 Å². The van der Waals surface area contributed by atoms with Gasteiger partial charge in [0.05, 0.1) is 11.8 Å². The number of halogens is 3. The zero-order valence-electron chi connectivity index (χ0n) is 8.49. The van der Waals surface area contributed by atoms with Gasteiger partial charge in [0.1, 0.15) is 4.99 Å². The Morgan fingerprint density at radius 1 is 1.53 bits per heavy atom. The maximum Gasteiger partial charge on any atom is 0.441 e. The first-order valence-electron chi connectivity index (χ1n) is 4.46. The molecule has 17 heavy (non-hydrogen) atoms. The molecule has 0 aliphatic heterocycles. The van der Waals surface area contributed by atoms with Gasteiger partial charge >= 0.3 is 5.51 Å². The minimum atomic E-state index is -4.23. The molecule has 0 bridgehead atoms. The average Bonchev–Trinajstić information content (AvgIpc) is 2.23. The van der Waals surface area contributed by atoms with Crippen LogP contribution in [0.15, 0.2) is 12.3 Å². The summed E-state index contributed by atoms with van der Waals surface area (Å²) in [5, 5.41) is 10.0. The van der Waals surface area contributed by atoms with E-state index in [-0.39, 0.29) is 29.0 Å². The highest BCUT2D eigenvalue weighted by molar-refractivity contribution is 8.00. The van der Waals surface area contributed by atoms with Crippen molar-refractivity contribution in [3.63, 3.8) is 0 Å². The van der Waals surface area contributed by atoms with Crippen molar-refractivity contribution in [2.75, 3.05) is 17.6 Å². The van der Waals surface area contributed by atoms with Crippen molar-refractivity contribution in [2.45, 2.75) is 5.51 Å². The van der Waals surface area contributed by atoms with Crippen LogP contribution >= 0.6 is 24.0 Å². The summed E-state index contributed by atoms with van der Waals surface area (Å²) in [6, 6.07) is 1.55. The Kier molecular flexibility index (Phi) is 4.94. The van der Waals surface area contributed by atoms with E-state index in [0.29, 0.717) is 11.4 Å². The number of alkyl halides is 3. The van der Waals surface area contributed by atoms with Gasteiger partial charge in [-0.1, -0.05) is 12.2 Å². The van der Waals surface area contributed by atoms with Crippen LogP contribution < -0.4 is 11.1 Å². The summed E-state index contributed by atoms with van der Waals surface area (Å²) in [7, 11) is 0. The molecule has 0 atom stereocenters. The first-order chi connectivity index (χ1) is 7.90. The normalized spacial score (nSPS) is 11.2. The summed E-state index contributed by atoms with van der Waals surface area (Å²) in [4.78, 5) is 0.117. The van der Waals surface area contributed by atoms with Crippen molar-refractivity contribution < 1.29 is 13.2 Å². The summed E-state index contributed by atoms with van der Waals surface area (Å²) >= 11 is 4.66. The minimum Gasteiger partial charge on any atom is -0.389 e. The number of hydrogen-bond acceptors (Lipinski definition) is 5. The van der Waals surface area contributed by atoms with E-state index in [0.717, 1.165) is 0 Å². The number of aromatic nitrogens is 2. The van der Waals surface area contributed by atoms with Crippen LogP contribution in [-0.4, -0.2) is 33.0 Å². The van der Waals surface area contributed by atoms with Crippen molar-refractivity contribution in [3.05, 3.63) is 17.8 Å². The zero-order chi connectivity index (χ0) is 12.9. The van der Waals surface area contributed by atoms with Gasteiger partial charge < -0.3 is 11.1 Å². The fraction of sp³-hybridized carbons (Fsp3) is 0.375. The minimum absolute atomic E-state index is 0.0957. The Morgan fingerprint density at radius 2 is 2.24 bits per heavy atom. The summed E-state index contributed by atoms with van der Waals surface area (Å²) in [6.45, 7) is 0.0957. The number of rotatable bonds is 5. The third-order valence-electron chi connectivity index (χ3n) is 1.65. The SMILES string of the molecule is NC(=S)c1ccnnc1NCCSC(F)(F)F. The molecular weight excluding hydrogens is 273 g/mol. The maximum absolute atomic E-state index is 11.9. The van der Waals surface area contributed by atoms with Crippen LogP contribution in [0.3, 0.4) is 0 Å². The van der Waals surface area contributed by atoms with E-state index >= 15 is 0 Å². The molecule has 3 N–H and O–H groups in total. The van der Waals surface area contributed by atoms with Gasteiger partial charge in [-0.3, -0.25) is 0 Å². The summed E-state index contributed by atoms with van der Waals surface area (Å²) in [5.74, 6) is 0.166. The Labute approximate surface area is 105 Å². The van der Waals surface area contributed by atoms with E-state index in [2.05, 4.69) is 15.5 Å². The second-order valence-electron chi connectivity index (χ2n) is 2.88. The maximum atomic E-state index is 11.9. The van der Waals surface area contributed by atoms with E-state index in [4.69, 9.17) is 18.0 Å². The molecule has 0 aromatic carbocycles. The molecule has 0 spiro atoms. The first-order valence-corrected chi connectivity index (χ1v) is 5.85. The van der Waals surface area contributed by atoms with E-state index in [9.17, 15) is 13.2 Å². The van der Waals surface area contributed by atoms with Gasteiger partial charge in [-0.15, -0.1) is 5.10 Å². The van der Waals surface area contributed by atoms with E-state index < -0.39 is 5.51 Å². The summed E-state index contributed by atoms with van der Waals surface area (Å²) < 4.78 is 35.6. The lowest BCUT2D eigenvalue weighted by atomic mass is 10.3. The average molecular weight is 282 g/mol. The second-order valence-corrected chi connectivity index (χ2v) is 4.48. The Hall–Kier alpha value is -1.09. The molecule has 0 unspecified atom stereocenters. The molecule has 1 aromatic heterocycles. The van der Waals surface area contributed by atoms with Crippen LogP contribution in [0.5, 0.6) is 0 Å². The van der Waals surface area contributed by atoms with Crippen LogP contribution in [0, 0.1) is 0 Å². The largest absolute Gasteiger partial charge is 0.441 e. The number of anilines is 1. The highest BCUT2D eigenvalue weighted by Crippen LogP contribution is 2.29. The molecule has 1 aromatic rings. The third-order valence-corrected chi connectivity index (χ3v) is 2.60. The van der Waals surface area contributed by atoms with Gasteiger partial charge in [-0.05, 0) is 17.8 Å². The lowest BCUT2D eigenvalue weighted by Crippen LogP contribution is -2.17. The molecule has 0 saturated heterocycles. The van der Waals surface area contributed by atoms with Gasteiger partial charge in [-0.2, -0.15) is 18.3 Å². The summed E-state index contributed by atoms with van der Waals surface area (Å²) in [5.41, 5.74) is 1.67. The molecule has 1 rings (SSSR count). The van der Waals surface area contributed by atoms with Crippen molar-refractivity contribution in [1.29, 1.82) is 0 Å².